The summed E-state index contributed by atoms with van der Waals surface area (Å²) in [6.45, 7) is 3.31. The van der Waals surface area contributed by atoms with E-state index < -0.39 is 0 Å². The Labute approximate surface area is 192 Å². The lowest BCUT2D eigenvalue weighted by Crippen LogP contribution is -2.48. The minimum Gasteiger partial charge on any atom is -0.497 e. The molecule has 1 aliphatic rings. The molecule has 1 atom stereocenters. The fraction of sp³-hybridized carbons (Fsp3) is 0.231. The van der Waals surface area contributed by atoms with Crippen molar-refractivity contribution in [2.24, 2.45) is 0 Å². The third-order valence-electron chi connectivity index (χ3n) is 6.00. The van der Waals surface area contributed by atoms with Crippen molar-refractivity contribution in [2.75, 3.05) is 38.2 Å². The normalized spacial score (nSPS) is 15.4. The molecule has 1 aliphatic heterocycles. The van der Waals surface area contributed by atoms with Crippen molar-refractivity contribution in [3.63, 3.8) is 0 Å². The van der Waals surface area contributed by atoms with Crippen molar-refractivity contribution in [1.82, 2.24) is 15.1 Å². The molecule has 7 heteroatoms. The minimum atomic E-state index is -0.266. The van der Waals surface area contributed by atoms with Gasteiger partial charge < -0.3 is 14.1 Å². The highest BCUT2D eigenvalue weighted by Crippen LogP contribution is 2.32. The molecule has 0 saturated carbocycles. The Bertz CT molecular complexity index is 1170. The Morgan fingerprint density at radius 2 is 1.55 bits per heavy atom. The number of nitrogens with zero attached hydrogens (tertiary/aromatic N) is 4. The van der Waals surface area contributed by atoms with Crippen LogP contribution >= 0.6 is 0 Å². The Balaban J connectivity index is 1.39. The summed E-state index contributed by atoms with van der Waals surface area (Å²) in [7, 11) is 1.67. The maximum absolute atomic E-state index is 13.6. The number of methoxy groups -OCH3 is 1. The molecule has 4 aromatic rings. The average Bonchev–Trinajstić information content (AvgIpc) is 3.36. The van der Waals surface area contributed by atoms with Gasteiger partial charge in [0.15, 0.2) is 0 Å². The largest absolute Gasteiger partial charge is 0.497 e. The number of hydrogen-bond acceptors (Lipinski definition) is 6. The minimum absolute atomic E-state index is 0.242. The summed E-state index contributed by atoms with van der Waals surface area (Å²) in [5.41, 5.74) is 2.97. The molecule has 1 fully saturated rings. The van der Waals surface area contributed by atoms with Gasteiger partial charge in [-0.1, -0.05) is 30.3 Å². The van der Waals surface area contributed by atoms with Crippen molar-refractivity contribution in [3.8, 4) is 17.2 Å². The van der Waals surface area contributed by atoms with E-state index in [1.54, 1.807) is 19.2 Å². The van der Waals surface area contributed by atoms with Gasteiger partial charge >= 0.3 is 0 Å². The number of piperazine rings is 1. The van der Waals surface area contributed by atoms with E-state index >= 15 is 0 Å². The van der Waals surface area contributed by atoms with E-state index in [1.807, 2.05) is 42.5 Å². The van der Waals surface area contributed by atoms with Crippen LogP contribution in [0.4, 0.5) is 10.1 Å². The first-order valence-corrected chi connectivity index (χ1v) is 11.0. The summed E-state index contributed by atoms with van der Waals surface area (Å²) in [4.78, 5) is 4.66. The third-order valence-corrected chi connectivity index (χ3v) is 6.00. The van der Waals surface area contributed by atoms with Crippen LogP contribution < -0.4 is 9.64 Å². The predicted octanol–water partition coefficient (Wildman–Crippen LogP) is 4.80. The van der Waals surface area contributed by atoms with Crippen molar-refractivity contribution >= 4 is 5.69 Å². The van der Waals surface area contributed by atoms with E-state index in [-0.39, 0.29) is 11.9 Å². The Morgan fingerprint density at radius 1 is 0.848 bits per heavy atom. The molecule has 3 aromatic carbocycles. The van der Waals surface area contributed by atoms with Crippen LogP contribution in [0.2, 0.25) is 0 Å². The van der Waals surface area contributed by atoms with Crippen LogP contribution in [-0.4, -0.2) is 48.4 Å². The number of benzene rings is 3. The van der Waals surface area contributed by atoms with Gasteiger partial charge in [0.2, 0.25) is 11.8 Å². The van der Waals surface area contributed by atoms with E-state index in [2.05, 4.69) is 32.1 Å². The number of anilines is 1. The smallest absolute Gasteiger partial charge is 0.247 e. The maximum atomic E-state index is 13.6. The molecule has 0 N–H and O–H groups in total. The summed E-state index contributed by atoms with van der Waals surface area (Å²) in [6, 6.07) is 24.1. The van der Waals surface area contributed by atoms with E-state index in [1.165, 1.54) is 12.1 Å². The second kappa shape index (κ2) is 9.42. The van der Waals surface area contributed by atoms with Gasteiger partial charge in [0.25, 0.3) is 0 Å². The molecule has 168 valence electrons. The first-order valence-electron chi connectivity index (χ1n) is 11.0. The van der Waals surface area contributed by atoms with Gasteiger partial charge in [0.1, 0.15) is 17.6 Å². The van der Waals surface area contributed by atoms with Gasteiger partial charge in [-0.2, -0.15) is 0 Å². The van der Waals surface area contributed by atoms with Crippen LogP contribution in [0, 0.1) is 5.82 Å². The average molecular weight is 445 g/mol. The highest BCUT2D eigenvalue weighted by atomic mass is 19.1. The summed E-state index contributed by atoms with van der Waals surface area (Å²) in [5.74, 6) is 1.57. The molecule has 0 unspecified atom stereocenters. The van der Waals surface area contributed by atoms with Gasteiger partial charge in [-0.05, 0) is 54.1 Å². The molecular weight excluding hydrogens is 419 g/mol. The van der Waals surface area contributed by atoms with Crippen LogP contribution in [0.5, 0.6) is 5.75 Å². The van der Waals surface area contributed by atoms with Crippen molar-refractivity contribution < 1.29 is 13.5 Å². The Kier molecular flexibility index (Phi) is 6.04. The van der Waals surface area contributed by atoms with E-state index in [4.69, 9.17) is 9.15 Å². The number of aromatic nitrogens is 2. The highest BCUT2D eigenvalue weighted by Gasteiger charge is 2.31. The molecule has 1 aromatic heterocycles. The van der Waals surface area contributed by atoms with Gasteiger partial charge in [-0.25, -0.2) is 4.39 Å². The molecule has 6 nitrogen and oxygen atoms in total. The van der Waals surface area contributed by atoms with Crippen LogP contribution in [0.3, 0.4) is 0 Å². The molecule has 0 spiro atoms. The quantitative estimate of drug-likeness (QED) is 0.426. The molecule has 0 radical (unpaired) electrons. The molecule has 0 amide bonds. The zero-order valence-electron chi connectivity index (χ0n) is 18.4. The first kappa shape index (κ1) is 21.2. The maximum Gasteiger partial charge on any atom is 0.247 e. The number of rotatable bonds is 6. The molecule has 5 rings (SSSR count). The van der Waals surface area contributed by atoms with E-state index in [0.717, 1.165) is 48.7 Å². The fourth-order valence-corrected chi connectivity index (χ4v) is 4.23. The number of hydrogen-bond donors (Lipinski definition) is 0. The fourth-order valence-electron chi connectivity index (χ4n) is 4.23. The molecule has 33 heavy (non-hydrogen) atoms. The van der Waals surface area contributed by atoms with Crippen LogP contribution in [0.1, 0.15) is 17.5 Å². The molecular formula is C26H25FN4O2. The van der Waals surface area contributed by atoms with Crippen molar-refractivity contribution in [2.45, 2.75) is 6.04 Å². The Hall–Kier alpha value is -3.71. The zero-order valence-corrected chi connectivity index (χ0v) is 18.4. The summed E-state index contributed by atoms with van der Waals surface area (Å²) >= 11 is 0. The van der Waals surface area contributed by atoms with Gasteiger partial charge in [0.05, 0.1) is 7.11 Å². The van der Waals surface area contributed by atoms with Crippen LogP contribution in [0.25, 0.3) is 11.5 Å². The van der Waals surface area contributed by atoms with E-state index in [9.17, 15) is 4.39 Å². The molecule has 0 aliphatic carbocycles. The van der Waals surface area contributed by atoms with Gasteiger partial charge in [-0.3, -0.25) is 4.90 Å². The first-order chi connectivity index (χ1) is 16.2. The second-order valence-corrected chi connectivity index (χ2v) is 7.99. The summed E-state index contributed by atoms with van der Waals surface area (Å²) in [6.07, 6.45) is 0. The highest BCUT2D eigenvalue weighted by molar-refractivity contribution is 5.52. The third kappa shape index (κ3) is 4.59. The topological polar surface area (TPSA) is 54.6 Å². The summed E-state index contributed by atoms with van der Waals surface area (Å²) < 4.78 is 25.0. The van der Waals surface area contributed by atoms with E-state index in [0.29, 0.717) is 11.8 Å². The Morgan fingerprint density at radius 3 is 2.21 bits per heavy atom. The number of halogens is 1. The van der Waals surface area contributed by atoms with Crippen molar-refractivity contribution in [1.29, 1.82) is 0 Å². The monoisotopic (exact) mass is 444 g/mol. The van der Waals surface area contributed by atoms with Crippen LogP contribution in [0.15, 0.2) is 83.3 Å². The van der Waals surface area contributed by atoms with Gasteiger partial charge in [0, 0.05) is 37.4 Å². The van der Waals surface area contributed by atoms with Gasteiger partial charge in [-0.15, -0.1) is 10.2 Å². The second-order valence-electron chi connectivity index (χ2n) is 7.99. The molecule has 1 saturated heterocycles. The lowest BCUT2D eigenvalue weighted by atomic mass is 10.0. The number of ether oxygens (including phenoxy) is 1. The lowest BCUT2D eigenvalue weighted by molar-refractivity contribution is 0.188. The molecule has 2 heterocycles. The zero-order chi connectivity index (χ0) is 22.6. The predicted molar refractivity (Wildman–Crippen MR) is 125 cm³/mol. The SMILES string of the molecule is COc1ccc(N2CCN([C@H](c3ccc(F)cc3)c3nnc(-c4ccccc4)o3)CC2)cc1. The standard InChI is InChI=1S/C26H25FN4O2/c1-32-23-13-11-22(12-14-23)30-15-17-31(18-16-30)24(19-7-9-21(27)10-8-19)26-29-28-25(33-26)20-5-3-2-4-6-20/h2-14,24H,15-18H2,1H3/t24-/m1/s1. The molecule has 0 bridgehead atoms. The lowest BCUT2D eigenvalue weighted by Gasteiger charge is -2.39. The van der Waals surface area contributed by atoms with Crippen LogP contribution in [-0.2, 0) is 0 Å². The van der Waals surface area contributed by atoms with Crippen molar-refractivity contribution in [3.05, 3.63) is 96.1 Å². The summed E-state index contributed by atoms with van der Waals surface area (Å²) in [5, 5.41) is 8.67.